The van der Waals surface area contributed by atoms with Crippen molar-refractivity contribution in [1.82, 2.24) is 0 Å². The van der Waals surface area contributed by atoms with Crippen molar-refractivity contribution in [3.05, 3.63) is 30.1 Å². The second kappa shape index (κ2) is 5.21. The molecule has 16 heavy (non-hydrogen) atoms. The Balaban J connectivity index is 2.61. The van der Waals surface area contributed by atoms with Gasteiger partial charge in [0.2, 0.25) is 0 Å². The first kappa shape index (κ1) is 12.8. The summed E-state index contributed by atoms with van der Waals surface area (Å²) < 4.78 is 49.3. The largest absolute Gasteiger partial charge is 0.405 e. The Morgan fingerprint density at radius 3 is 2.56 bits per heavy atom. The molecule has 1 unspecified atom stereocenters. The van der Waals surface area contributed by atoms with Crippen LogP contribution in [0.25, 0.3) is 0 Å². The maximum Gasteiger partial charge on any atom is 0.405 e. The van der Waals surface area contributed by atoms with E-state index in [4.69, 9.17) is 5.26 Å². The zero-order chi connectivity index (χ0) is 12.2. The van der Waals surface area contributed by atoms with Crippen molar-refractivity contribution in [3.63, 3.8) is 0 Å². The first-order valence-corrected chi connectivity index (χ1v) is 5.26. The number of benzene rings is 1. The van der Waals surface area contributed by atoms with E-state index in [9.17, 15) is 17.6 Å². The number of thioether (sulfide) groups is 1. The van der Waals surface area contributed by atoms with Gasteiger partial charge in [-0.2, -0.15) is 18.4 Å². The predicted molar refractivity (Wildman–Crippen MR) is 52.3 cm³/mol. The lowest BCUT2D eigenvalue weighted by atomic mass is 10.2. The molecule has 0 aliphatic carbocycles. The molecule has 0 amide bonds. The van der Waals surface area contributed by atoms with E-state index in [0.29, 0.717) is 4.90 Å². The Morgan fingerprint density at radius 2 is 2.06 bits per heavy atom. The van der Waals surface area contributed by atoms with Crippen molar-refractivity contribution < 1.29 is 17.6 Å². The summed E-state index contributed by atoms with van der Waals surface area (Å²) >= 11 is 0.812. The van der Waals surface area contributed by atoms with Crippen LogP contribution in [-0.4, -0.2) is 11.9 Å². The number of alkyl halides is 3. The Kier molecular flexibility index (Phi) is 4.19. The minimum Gasteiger partial charge on any atom is -0.207 e. The third kappa shape index (κ3) is 3.74. The molecule has 1 rings (SSSR count). The number of halogens is 4. The van der Waals surface area contributed by atoms with Crippen molar-refractivity contribution in [2.45, 2.75) is 11.1 Å². The van der Waals surface area contributed by atoms with Crippen molar-refractivity contribution in [2.75, 3.05) is 5.75 Å². The maximum absolute atomic E-state index is 12.7. The fourth-order valence-corrected chi connectivity index (χ4v) is 1.93. The van der Waals surface area contributed by atoms with Crippen molar-refractivity contribution in [1.29, 1.82) is 5.26 Å². The fraction of sp³-hybridized carbons (Fsp3) is 0.300. The molecule has 0 saturated carbocycles. The number of rotatable bonds is 3. The minimum absolute atomic E-state index is 0.379. The van der Waals surface area contributed by atoms with Gasteiger partial charge in [0.05, 0.1) is 6.07 Å². The van der Waals surface area contributed by atoms with Crippen LogP contribution in [0.4, 0.5) is 17.6 Å². The number of hydrogen-bond acceptors (Lipinski definition) is 2. The predicted octanol–water partition coefficient (Wildman–Crippen LogP) is 3.62. The van der Waals surface area contributed by atoms with Gasteiger partial charge >= 0.3 is 6.18 Å². The molecular formula is C10H7F4NS. The molecular weight excluding hydrogens is 242 g/mol. The van der Waals surface area contributed by atoms with E-state index in [-0.39, 0.29) is 0 Å². The third-order valence-corrected chi connectivity index (χ3v) is 2.85. The van der Waals surface area contributed by atoms with E-state index in [1.54, 1.807) is 0 Å². The van der Waals surface area contributed by atoms with Crippen molar-refractivity contribution in [2.24, 2.45) is 5.92 Å². The molecule has 1 aromatic carbocycles. The summed E-state index contributed by atoms with van der Waals surface area (Å²) in [6.45, 7) is 0. The summed E-state index contributed by atoms with van der Waals surface area (Å²) in [6, 6.07) is 6.43. The number of hydrogen-bond donors (Lipinski definition) is 0. The molecule has 6 heteroatoms. The number of nitriles is 1. The Labute approximate surface area is 94.1 Å². The van der Waals surface area contributed by atoms with Crippen molar-refractivity contribution in [3.8, 4) is 6.07 Å². The molecule has 0 N–H and O–H groups in total. The quantitative estimate of drug-likeness (QED) is 0.603. The lowest BCUT2D eigenvalue weighted by molar-refractivity contribution is -0.152. The summed E-state index contributed by atoms with van der Waals surface area (Å²) in [7, 11) is 0. The van der Waals surface area contributed by atoms with E-state index in [2.05, 4.69) is 0 Å². The second-order valence-electron chi connectivity index (χ2n) is 2.99. The van der Waals surface area contributed by atoms with Gasteiger partial charge in [0.15, 0.2) is 5.92 Å². The van der Waals surface area contributed by atoms with Crippen LogP contribution in [0, 0.1) is 23.1 Å². The lowest BCUT2D eigenvalue weighted by Crippen LogP contribution is -2.23. The average molecular weight is 249 g/mol. The van der Waals surface area contributed by atoms with Gasteiger partial charge in [-0.1, -0.05) is 6.07 Å². The monoisotopic (exact) mass is 249 g/mol. The summed E-state index contributed by atoms with van der Waals surface area (Å²) in [5.41, 5.74) is 0. The van der Waals surface area contributed by atoms with E-state index in [1.807, 2.05) is 0 Å². The first-order chi connectivity index (χ1) is 7.43. The third-order valence-electron chi connectivity index (χ3n) is 1.76. The summed E-state index contributed by atoms with van der Waals surface area (Å²) in [4.78, 5) is 0.379. The molecule has 0 fully saturated rings. The standard InChI is InChI=1S/C10H7F4NS/c11-8-2-1-3-9(4-8)16-6-7(5-15)10(12,13)14/h1-4,7H,6H2. The van der Waals surface area contributed by atoms with Crippen LogP contribution in [0.15, 0.2) is 29.2 Å². The van der Waals surface area contributed by atoms with Crippen LogP contribution in [0.1, 0.15) is 0 Å². The van der Waals surface area contributed by atoms with Crippen molar-refractivity contribution >= 4 is 11.8 Å². The molecule has 0 spiro atoms. The Bertz CT molecular complexity index is 397. The molecule has 0 heterocycles. The summed E-state index contributed by atoms with van der Waals surface area (Å²) in [6.07, 6.45) is -4.53. The zero-order valence-electron chi connectivity index (χ0n) is 7.96. The van der Waals surface area contributed by atoms with Crippen LogP contribution < -0.4 is 0 Å². The maximum atomic E-state index is 12.7. The van der Waals surface area contributed by atoms with E-state index in [1.165, 1.54) is 24.3 Å². The minimum atomic E-state index is -4.53. The van der Waals surface area contributed by atoms with Crippen LogP contribution >= 0.6 is 11.8 Å². The highest BCUT2D eigenvalue weighted by molar-refractivity contribution is 7.99. The van der Waals surface area contributed by atoms with Gasteiger partial charge < -0.3 is 0 Å². The van der Waals surface area contributed by atoms with Crippen LogP contribution in [0.5, 0.6) is 0 Å². The lowest BCUT2D eigenvalue weighted by Gasteiger charge is -2.12. The zero-order valence-corrected chi connectivity index (χ0v) is 8.78. The van der Waals surface area contributed by atoms with E-state index >= 15 is 0 Å². The molecule has 1 nitrogen and oxygen atoms in total. The fourth-order valence-electron chi connectivity index (χ4n) is 0.941. The molecule has 0 aliphatic rings. The Morgan fingerprint density at radius 1 is 1.38 bits per heavy atom. The topological polar surface area (TPSA) is 23.8 Å². The molecule has 0 bridgehead atoms. The van der Waals surface area contributed by atoms with Crippen LogP contribution in [0.3, 0.4) is 0 Å². The SMILES string of the molecule is N#CC(CSc1cccc(F)c1)C(F)(F)F. The van der Waals surface area contributed by atoms with Gasteiger partial charge in [0.1, 0.15) is 5.82 Å². The van der Waals surface area contributed by atoms with Gasteiger partial charge in [-0.25, -0.2) is 4.39 Å². The van der Waals surface area contributed by atoms with Gasteiger partial charge in [-0.05, 0) is 18.2 Å². The average Bonchev–Trinajstić information content (AvgIpc) is 2.16. The normalized spacial score (nSPS) is 13.2. The molecule has 86 valence electrons. The first-order valence-electron chi connectivity index (χ1n) is 4.28. The summed E-state index contributed by atoms with van der Waals surface area (Å²) in [5, 5.41) is 8.34. The summed E-state index contributed by atoms with van der Waals surface area (Å²) in [5.74, 6) is -2.96. The van der Waals surface area contributed by atoms with E-state index in [0.717, 1.165) is 17.8 Å². The highest BCUT2D eigenvalue weighted by atomic mass is 32.2. The van der Waals surface area contributed by atoms with Gasteiger partial charge in [-0.15, -0.1) is 11.8 Å². The highest BCUT2D eigenvalue weighted by Crippen LogP contribution is 2.31. The van der Waals surface area contributed by atoms with Crippen LogP contribution in [-0.2, 0) is 0 Å². The van der Waals surface area contributed by atoms with Crippen LogP contribution in [0.2, 0.25) is 0 Å². The second-order valence-corrected chi connectivity index (χ2v) is 4.09. The number of nitrogens with zero attached hydrogens (tertiary/aromatic N) is 1. The Hall–Kier alpha value is -1.22. The van der Waals surface area contributed by atoms with Gasteiger partial charge in [-0.3, -0.25) is 0 Å². The molecule has 1 aromatic rings. The molecule has 1 atom stereocenters. The molecule has 0 radical (unpaired) electrons. The smallest absolute Gasteiger partial charge is 0.207 e. The molecule has 0 aromatic heterocycles. The molecule has 0 saturated heterocycles. The molecule has 0 aliphatic heterocycles. The van der Waals surface area contributed by atoms with Gasteiger partial charge in [0, 0.05) is 10.6 Å². The van der Waals surface area contributed by atoms with Gasteiger partial charge in [0.25, 0.3) is 0 Å². The highest BCUT2D eigenvalue weighted by Gasteiger charge is 2.39. The van der Waals surface area contributed by atoms with E-state index < -0.39 is 23.7 Å².